The quantitative estimate of drug-likeness (QED) is 0.608. The van der Waals surface area contributed by atoms with Gasteiger partial charge in [-0.25, -0.2) is 0 Å². The molecule has 0 aromatic carbocycles. The number of hydrogen-bond acceptors (Lipinski definition) is 3. The molecule has 0 amide bonds. The summed E-state index contributed by atoms with van der Waals surface area (Å²) in [4.78, 5) is 5.24. The first-order valence-corrected chi connectivity index (χ1v) is 11.3. The van der Waals surface area contributed by atoms with Gasteiger partial charge in [0.2, 0.25) is 0 Å². The summed E-state index contributed by atoms with van der Waals surface area (Å²) in [6.45, 7) is 23.2. The van der Waals surface area contributed by atoms with Crippen molar-refractivity contribution in [2.24, 2.45) is 5.92 Å². The Labute approximate surface area is 164 Å². The van der Waals surface area contributed by atoms with Gasteiger partial charge in [-0.05, 0) is 79.6 Å². The van der Waals surface area contributed by atoms with Gasteiger partial charge in [0.15, 0.2) is 0 Å². The van der Waals surface area contributed by atoms with Gasteiger partial charge in [-0.1, -0.05) is 20.3 Å². The highest BCUT2D eigenvalue weighted by atomic mass is 16.5. The van der Waals surface area contributed by atoms with E-state index in [2.05, 4.69) is 65.2 Å². The topological polar surface area (TPSA) is 15.7 Å². The molecule has 0 aromatic heterocycles. The van der Waals surface area contributed by atoms with Crippen LogP contribution in [0.4, 0.5) is 0 Å². The minimum Gasteiger partial charge on any atom is -0.376 e. The van der Waals surface area contributed by atoms with E-state index in [0.29, 0.717) is 23.8 Å². The summed E-state index contributed by atoms with van der Waals surface area (Å²) >= 11 is 0. The van der Waals surface area contributed by atoms with Crippen LogP contribution in [0.2, 0.25) is 0 Å². The van der Waals surface area contributed by atoms with E-state index in [9.17, 15) is 0 Å². The fraction of sp³-hybridized carbons (Fsp3) is 1.00. The Hall–Kier alpha value is -0.120. The molecule has 2 fully saturated rings. The molecule has 1 saturated heterocycles. The molecule has 0 radical (unpaired) electrons. The molecule has 3 heteroatoms. The van der Waals surface area contributed by atoms with Crippen molar-refractivity contribution in [2.75, 3.05) is 26.2 Å². The van der Waals surface area contributed by atoms with Crippen LogP contribution in [0.25, 0.3) is 0 Å². The second kappa shape index (κ2) is 11.7. The molecule has 0 spiro atoms. The van der Waals surface area contributed by atoms with Crippen molar-refractivity contribution in [1.29, 1.82) is 0 Å². The Kier molecular flexibility index (Phi) is 10.7. The average Bonchev–Trinajstić information content (AvgIpc) is 2.57. The zero-order valence-electron chi connectivity index (χ0n) is 19.2. The maximum Gasteiger partial charge on any atom is 0.0578 e. The molecule has 0 bridgehead atoms. The van der Waals surface area contributed by atoms with Crippen LogP contribution in [-0.2, 0) is 4.74 Å². The van der Waals surface area contributed by atoms with Crippen molar-refractivity contribution in [3.8, 4) is 0 Å². The lowest BCUT2D eigenvalue weighted by Gasteiger charge is -2.45. The zero-order valence-corrected chi connectivity index (χ0v) is 19.2. The molecule has 1 saturated carbocycles. The van der Waals surface area contributed by atoms with E-state index in [1.807, 2.05) is 0 Å². The highest BCUT2D eigenvalue weighted by molar-refractivity contribution is 4.85. The molecule has 0 aromatic rings. The normalized spacial score (nSPS) is 26.1. The summed E-state index contributed by atoms with van der Waals surface area (Å²) in [7, 11) is 0. The lowest BCUT2D eigenvalue weighted by Crippen LogP contribution is -2.55. The van der Waals surface area contributed by atoms with Gasteiger partial charge in [-0.2, -0.15) is 0 Å². The summed E-state index contributed by atoms with van der Waals surface area (Å²) in [5, 5.41) is 0. The molecule has 0 N–H and O–H groups in total. The second-order valence-electron chi connectivity index (χ2n) is 9.75. The van der Waals surface area contributed by atoms with Crippen molar-refractivity contribution < 1.29 is 4.74 Å². The number of hydrogen-bond donors (Lipinski definition) is 0. The minimum atomic E-state index is 0.401. The zero-order chi connectivity index (χ0) is 19.7. The lowest BCUT2D eigenvalue weighted by molar-refractivity contribution is -0.0183. The average molecular weight is 369 g/mol. The molecule has 1 aliphatic carbocycles. The van der Waals surface area contributed by atoms with Crippen LogP contribution >= 0.6 is 0 Å². The van der Waals surface area contributed by atoms with Crippen LogP contribution in [0, 0.1) is 5.92 Å². The molecule has 2 rings (SSSR count). The van der Waals surface area contributed by atoms with Gasteiger partial charge in [0.1, 0.15) is 0 Å². The van der Waals surface area contributed by atoms with Crippen molar-refractivity contribution in [3.05, 3.63) is 0 Å². The van der Waals surface area contributed by atoms with Crippen LogP contribution in [0.15, 0.2) is 0 Å². The first-order chi connectivity index (χ1) is 12.2. The first kappa shape index (κ1) is 23.9. The van der Waals surface area contributed by atoms with E-state index in [1.54, 1.807) is 0 Å². The Bertz CT molecular complexity index is 351. The third-order valence-corrected chi connectivity index (χ3v) is 6.19. The van der Waals surface area contributed by atoms with E-state index in [1.165, 1.54) is 64.7 Å². The Morgan fingerprint density at radius 3 is 1.88 bits per heavy atom. The van der Waals surface area contributed by atoms with Crippen molar-refractivity contribution in [1.82, 2.24) is 9.80 Å². The summed E-state index contributed by atoms with van der Waals surface area (Å²) in [6, 6.07) is 0.710. The Morgan fingerprint density at radius 1 is 0.923 bits per heavy atom. The van der Waals surface area contributed by atoms with E-state index in [0.717, 1.165) is 5.92 Å². The van der Waals surface area contributed by atoms with E-state index in [-0.39, 0.29) is 0 Å². The largest absolute Gasteiger partial charge is 0.376 e. The molecule has 0 unspecified atom stereocenters. The number of ether oxygens (including phenoxy) is 1. The molecule has 2 aliphatic rings. The molecule has 1 heterocycles. The van der Waals surface area contributed by atoms with E-state index < -0.39 is 0 Å². The van der Waals surface area contributed by atoms with Crippen LogP contribution in [0.1, 0.15) is 93.9 Å². The minimum absolute atomic E-state index is 0.401. The van der Waals surface area contributed by atoms with Crippen LogP contribution in [-0.4, -0.2) is 59.8 Å². The van der Waals surface area contributed by atoms with Gasteiger partial charge < -0.3 is 4.74 Å². The fourth-order valence-corrected chi connectivity index (χ4v) is 4.36. The molecular weight excluding hydrogens is 320 g/mol. The highest BCUT2D eigenvalue weighted by Gasteiger charge is 2.29. The molecule has 26 heavy (non-hydrogen) atoms. The molecular formula is C23H48N2O. The maximum atomic E-state index is 5.74. The highest BCUT2D eigenvalue weighted by Crippen LogP contribution is 2.26. The summed E-state index contributed by atoms with van der Waals surface area (Å²) in [6.07, 6.45) is 8.85. The molecule has 156 valence electrons. The van der Waals surface area contributed by atoms with Gasteiger partial charge in [0, 0.05) is 37.8 Å². The molecule has 1 aliphatic heterocycles. The van der Waals surface area contributed by atoms with Gasteiger partial charge in [0.25, 0.3) is 0 Å². The summed E-state index contributed by atoms with van der Waals surface area (Å²) < 4.78 is 5.74. The third-order valence-electron chi connectivity index (χ3n) is 6.19. The molecule has 0 atom stereocenters. The predicted molar refractivity (Wildman–Crippen MR) is 115 cm³/mol. The summed E-state index contributed by atoms with van der Waals surface area (Å²) in [5.41, 5.74) is 0.401. The van der Waals surface area contributed by atoms with Gasteiger partial charge in [0.05, 0.1) is 12.2 Å². The second-order valence-corrected chi connectivity index (χ2v) is 9.75. The van der Waals surface area contributed by atoms with Gasteiger partial charge in [-0.15, -0.1) is 0 Å². The third kappa shape index (κ3) is 8.71. The van der Waals surface area contributed by atoms with Crippen LogP contribution < -0.4 is 0 Å². The van der Waals surface area contributed by atoms with Crippen molar-refractivity contribution in [3.63, 3.8) is 0 Å². The van der Waals surface area contributed by atoms with Gasteiger partial charge >= 0.3 is 0 Å². The smallest absolute Gasteiger partial charge is 0.0578 e. The maximum absolute atomic E-state index is 5.74. The standard InChI is InChI=1S/C13H28N2.C10H20O/c1-6-7-13(4,5)15-10-8-14(9-11-15)12(2)3;1-8(2)11-10-6-4-9(3)5-7-10/h12H,6-11H2,1-5H3;8-10H,4-7H2,1-3H3. The van der Waals surface area contributed by atoms with Crippen molar-refractivity contribution >= 4 is 0 Å². The number of piperazine rings is 1. The van der Waals surface area contributed by atoms with Crippen molar-refractivity contribution in [2.45, 2.75) is 118 Å². The van der Waals surface area contributed by atoms with E-state index >= 15 is 0 Å². The predicted octanol–water partition coefficient (Wildman–Crippen LogP) is 5.58. The number of rotatable bonds is 6. The van der Waals surface area contributed by atoms with Crippen LogP contribution in [0.5, 0.6) is 0 Å². The fourth-order valence-electron chi connectivity index (χ4n) is 4.36. The monoisotopic (exact) mass is 368 g/mol. The SMILES string of the molecule is CC1CCC(OC(C)C)CC1.CCCC(C)(C)N1CCN(C(C)C)CC1. The summed E-state index contributed by atoms with van der Waals surface area (Å²) in [5.74, 6) is 0.932. The number of nitrogens with zero attached hydrogens (tertiary/aromatic N) is 2. The van der Waals surface area contributed by atoms with Crippen LogP contribution in [0.3, 0.4) is 0 Å². The Balaban J connectivity index is 0.000000273. The van der Waals surface area contributed by atoms with Gasteiger partial charge in [-0.3, -0.25) is 9.80 Å². The molecule has 3 nitrogen and oxygen atoms in total. The first-order valence-electron chi connectivity index (χ1n) is 11.3. The lowest BCUT2D eigenvalue weighted by atomic mass is 9.89. The Morgan fingerprint density at radius 2 is 1.46 bits per heavy atom. The van der Waals surface area contributed by atoms with E-state index in [4.69, 9.17) is 4.74 Å².